The summed E-state index contributed by atoms with van der Waals surface area (Å²) in [5, 5.41) is 0. The maximum Gasteiger partial charge on any atom is 0.267 e. The summed E-state index contributed by atoms with van der Waals surface area (Å²) in [6.45, 7) is 6.97. The van der Waals surface area contributed by atoms with E-state index in [1.54, 1.807) is 10.9 Å². The highest BCUT2D eigenvalue weighted by Gasteiger charge is 2.09. The van der Waals surface area contributed by atoms with Crippen molar-refractivity contribution < 1.29 is 0 Å². The van der Waals surface area contributed by atoms with Gasteiger partial charge in [-0.2, -0.15) is 0 Å². The van der Waals surface area contributed by atoms with Gasteiger partial charge in [0.05, 0.1) is 15.6 Å². The first-order valence-electron chi connectivity index (χ1n) is 5.31. The molecule has 0 aliphatic heterocycles. The molecule has 0 aliphatic rings. The summed E-state index contributed by atoms with van der Waals surface area (Å²) in [5.74, 6) is 0.572. The van der Waals surface area contributed by atoms with Crippen LogP contribution >= 0.6 is 22.6 Å². The van der Waals surface area contributed by atoms with E-state index in [4.69, 9.17) is 0 Å². The molecular weight excluding hydrogens is 303 g/mol. The van der Waals surface area contributed by atoms with Crippen LogP contribution in [0.5, 0.6) is 0 Å². The zero-order valence-electron chi connectivity index (χ0n) is 9.46. The van der Waals surface area contributed by atoms with E-state index in [1.807, 2.05) is 6.92 Å². The van der Waals surface area contributed by atoms with E-state index in [-0.39, 0.29) is 5.56 Å². The van der Waals surface area contributed by atoms with Crippen LogP contribution in [-0.2, 0) is 6.54 Å². The first-order chi connectivity index (χ1) is 7.10. The quantitative estimate of drug-likeness (QED) is 0.799. The molecule has 0 aliphatic carbocycles. The predicted octanol–water partition coefficient (Wildman–Crippen LogP) is 2.59. The Morgan fingerprint density at radius 3 is 2.60 bits per heavy atom. The molecule has 3 nitrogen and oxygen atoms in total. The van der Waals surface area contributed by atoms with Crippen molar-refractivity contribution in [3.63, 3.8) is 0 Å². The zero-order chi connectivity index (χ0) is 11.4. The number of hydrogen-bond donors (Lipinski definition) is 0. The van der Waals surface area contributed by atoms with Crippen molar-refractivity contribution >= 4 is 22.6 Å². The van der Waals surface area contributed by atoms with Gasteiger partial charge < -0.3 is 0 Å². The molecule has 0 amide bonds. The second-order valence-corrected chi connectivity index (χ2v) is 4.86. The molecule has 0 aromatic carbocycles. The average molecular weight is 320 g/mol. The molecule has 0 radical (unpaired) electrons. The van der Waals surface area contributed by atoms with Crippen LogP contribution < -0.4 is 5.56 Å². The van der Waals surface area contributed by atoms with Crippen molar-refractivity contribution in [1.29, 1.82) is 0 Å². The molecular formula is C11H17IN2O. The number of nitrogens with zero attached hydrogens (tertiary/aromatic N) is 2. The second kappa shape index (κ2) is 5.63. The van der Waals surface area contributed by atoms with E-state index in [2.05, 4.69) is 41.4 Å². The number of aromatic nitrogens is 2. The van der Waals surface area contributed by atoms with Gasteiger partial charge in [-0.3, -0.25) is 9.36 Å². The van der Waals surface area contributed by atoms with Crippen LogP contribution in [0.2, 0.25) is 0 Å². The van der Waals surface area contributed by atoms with Gasteiger partial charge >= 0.3 is 0 Å². The lowest BCUT2D eigenvalue weighted by Crippen LogP contribution is -2.26. The summed E-state index contributed by atoms with van der Waals surface area (Å²) in [4.78, 5) is 16.1. The van der Waals surface area contributed by atoms with Crippen molar-refractivity contribution in [2.75, 3.05) is 0 Å². The highest BCUT2D eigenvalue weighted by molar-refractivity contribution is 14.1. The molecule has 0 atom stereocenters. The van der Waals surface area contributed by atoms with Gasteiger partial charge in [-0.1, -0.05) is 26.7 Å². The van der Waals surface area contributed by atoms with E-state index < -0.39 is 0 Å². The molecule has 0 spiro atoms. The predicted molar refractivity (Wildman–Crippen MR) is 70.0 cm³/mol. The molecule has 1 rings (SSSR count). The minimum atomic E-state index is 0.0926. The fourth-order valence-electron chi connectivity index (χ4n) is 1.50. The Morgan fingerprint density at radius 1 is 1.47 bits per heavy atom. The third-order valence-electron chi connectivity index (χ3n) is 2.77. The lowest BCUT2D eigenvalue weighted by molar-refractivity contribution is 0.408. The zero-order valence-corrected chi connectivity index (χ0v) is 11.6. The third kappa shape index (κ3) is 3.03. The molecule has 0 unspecified atom stereocenters. The Labute approximate surface area is 104 Å². The van der Waals surface area contributed by atoms with Crippen molar-refractivity contribution in [2.45, 2.75) is 40.2 Å². The fourth-order valence-corrected chi connectivity index (χ4v) is 1.95. The largest absolute Gasteiger partial charge is 0.298 e. The van der Waals surface area contributed by atoms with Gasteiger partial charge in [-0.25, -0.2) is 4.98 Å². The highest BCUT2D eigenvalue weighted by Crippen LogP contribution is 2.10. The topological polar surface area (TPSA) is 34.9 Å². The van der Waals surface area contributed by atoms with Crippen LogP contribution in [0.3, 0.4) is 0 Å². The molecule has 1 aromatic heterocycles. The lowest BCUT2D eigenvalue weighted by atomic mass is 10.0. The van der Waals surface area contributed by atoms with Crippen molar-refractivity contribution in [3.05, 3.63) is 25.9 Å². The molecule has 4 heteroatoms. The SMILES string of the molecule is CCC(CC)Cn1cnc(C)c(I)c1=O. The summed E-state index contributed by atoms with van der Waals surface area (Å²) < 4.78 is 2.47. The van der Waals surface area contributed by atoms with E-state index in [9.17, 15) is 4.79 Å². The van der Waals surface area contributed by atoms with E-state index in [0.29, 0.717) is 5.92 Å². The van der Waals surface area contributed by atoms with Crippen LogP contribution in [0, 0.1) is 16.4 Å². The lowest BCUT2D eigenvalue weighted by Gasteiger charge is -2.14. The van der Waals surface area contributed by atoms with Crippen molar-refractivity contribution in [1.82, 2.24) is 9.55 Å². The first kappa shape index (κ1) is 12.7. The van der Waals surface area contributed by atoms with Crippen LogP contribution in [-0.4, -0.2) is 9.55 Å². The van der Waals surface area contributed by atoms with E-state index in [0.717, 1.165) is 28.7 Å². The standard InChI is InChI=1S/C11H17IN2O/c1-4-9(5-2)6-14-7-13-8(3)10(12)11(14)15/h7,9H,4-6H2,1-3H3. The van der Waals surface area contributed by atoms with Crippen LogP contribution in [0.4, 0.5) is 0 Å². The molecule has 15 heavy (non-hydrogen) atoms. The molecule has 1 aromatic rings. The Morgan fingerprint density at radius 2 is 2.07 bits per heavy atom. The summed E-state index contributed by atoms with van der Waals surface area (Å²) in [6, 6.07) is 0. The monoisotopic (exact) mass is 320 g/mol. The number of hydrogen-bond acceptors (Lipinski definition) is 2. The van der Waals surface area contributed by atoms with Crippen molar-refractivity contribution in [2.24, 2.45) is 5.92 Å². The molecule has 1 heterocycles. The minimum absolute atomic E-state index is 0.0926. The average Bonchev–Trinajstić information content (AvgIpc) is 2.25. The minimum Gasteiger partial charge on any atom is -0.298 e. The first-order valence-corrected chi connectivity index (χ1v) is 6.39. The maximum absolute atomic E-state index is 11.9. The van der Waals surface area contributed by atoms with Crippen molar-refractivity contribution in [3.8, 4) is 0 Å². The summed E-state index contributed by atoms with van der Waals surface area (Å²) in [5.41, 5.74) is 0.913. The van der Waals surface area contributed by atoms with Gasteiger partial charge in [-0.05, 0) is 35.4 Å². The second-order valence-electron chi connectivity index (χ2n) is 3.78. The molecule has 84 valence electrons. The molecule has 0 saturated heterocycles. The summed E-state index contributed by atoms with van der Waals surface area (Å²) in [6.07, 6.45) is 3.87. The molecule has 0 N–H and O–H groups in total. The van der Waals surface area contributed by atoms with Crippen LogP contribution in [0.15, 0.2) is 11.1 Å². The van der Waals surface area contributed by atoms with Crippen LogP contribution in [0.25, 0.3) is 0 Å². The molecule has 0 saturated carbocycles. The van der Waals surface area contributed by atoms with Gasteiger partial charge in [0, 0.05) is 6.54 Å². The molecule has 0 bridgehead atoms. The van der Waals surface area contributed by atoms with E-state index in [1.165, 1.54) is 0 Å². The highest BCUT2D eigenvalue weighted by atomic mass is 127. The Bertz CT molecular complexity index is 383. The van der Waals surface area contributed by atoms with Gasteiger partial charge in [0.15, 0.2) is 0 Å². The summed E-state index contributed by atoms with van der Waals surface area (Å²) >= 11 is 2.07. The van der Waals surface area contributed by atoms with Crippen LogP contribution in [0.1, 0.15) is 32.4 Å². The van der Waals surface area contributed by atoms with Gasteiger partial charge in [0.25, 0.3) is 5.56 Å². The van der Waals surface area contributed by atoms with Gasteiger partial charge in [0.2, 0.25) is 0 Å². The Balaban J connectivity index is 2.96. The Kier molecular flexibility index (Phi) is 4.76. The summed E-state index contributed by atoms with van der Waals surface area (Å²) in [7, 11) is 0. The number of aryl methyl sites for hydroxylation is 1. The maximum atomic E-state index is 11.9. The van der Waals surface area contributed by atoms with Gasteiger partial charge in [0.1, 0.15) is 0 Å². The fraction of sp³-hybridized carbons (Fsp3) is 0.636. The number of halogens is 1. The molecule has 0 fully saturated rings. The normalized spacial score (nSPS) is 11.0. The third-order valence-corrected chi connectivity index (χ3v) is 4.01. The smallest absolute Gasteiger partial charge is 0.267 e. The van der Waals surface area contributed by atoms with Gasteiger partial charge in [-0.15, -0.1) is 0 Å². The number of rotatable bonds is 4. The van der Waals surface area contributed by atoms with E-state index >= 15 is 0 Å². The Hall–Kier alpha value is -0.390.